The van der Waals surface area contributed by atoms with Crippen molar-refractivity contribution < 1.29 is 4.74 Å². The predicted molar refractivity (Wildman–Crippen MR) is 77.3 cm³/mol. The lowest BCUT2D eigenvalue weighted by atomic mass is 10.0. The number of halogens is 1. The Balaban J connectivity index is 2.24. The van der Waals surface area contributed by atoms with E-state index >= 15 is 0 Å². The molecule has 3 nitrogen and oxygen atoms in total. The Morgan fingerprint density at radius 2 is 2.16 bits per heavy atom. The average Bonchev–Trinajstić information content (AvgIpc) is 2.45. The van der Waals surface area contributed by atoms with Gasteiger partial charge in [0.15, 0.2) is 0 Å². The highest BCUT2D eigenvalue weighted by atomic mass is 35.5. The van der Waals surface area contributed by atoms with Crippen molar-refractivity contribution in [2.75, 3.05) is 0 Å². The Morgan fingerprint density at radius 1 is 1.32 bits per heavy atom. The highest BCUT2D eigenvalue weighted by Gasteiger charge is 2.20. The molecular formula is C15H17ClN2O. The molecule has 2 rings (SSSR count). The van der Waals surface area contributed by atoms with E-state index in [4.69, 9.17) is 22.1 Å². The lowest BCUT2D eigenvalue weighted by molar-refractivity contribution is 0.170. The van der Waals surface area contributed by atoms with Gasteiger partial charge in [-0.3, -0.25) is 4.98 Å². The zero-order chi connectivity index (χ0) is 13.7. The number of nitrogens with two attached hydrogens (primary N) is 1. The van der Waals surface area contributed by atoms with Crippen LogP contribution < -0.4 is 10.5 Å². The minimum atomic E-state index is -0.225. The van der Waals surface area contributed by atoms with E-state index in [9.17, 15) is 0 Å². The average molecular weight is 277 g/mol. The molecule has 0 bridgehead atoms. The van der Waals surface area contributed by atoms with Crippen LogP contribution in [-0.2, 0) is 0 Å². The summed E-state index contributed by atoms with van der Waals surface area (Å²) in [7, 11) is 0. The summed E-state index contributed by atoms with van der Waals surface area (Å²) < 4.78 is 5.98. The molecule has 0 fully saturated rings. The molecule has 0 radical (unpaired) electrons. The zero-order valence-electron chi connectivity index (χ0n) is 10.8. The quantitative estimate of drug-likeness (QED) is 0.908. The summed E-state index contributed by atoms with van der Waals surface area (Å²) in [6.45, 7) is 2.04. The maximum Gasteiger partial charge on any atom is 0.140 e. The summed E-state index contributed by atoms with van der Waals surface area (Å²) in [5.41, 5.74) is 7.12. The van der Waals surface area contributed by atoms with Gasteiger partial charge in [-0.15, -0.1) is 0 Å². The Hall–Kier alpha value is -1.58. The van der Waals surface area contributed by atoms with Crippen molar-refractivity contribution >= 4 is 11.6 Å². The number of rotatable bonds is 5. The van der Waals surface area contributed by atoms with Gasteiger partial charge in [0, 0.05) is 29.0 Å². The van der Waals surface area contributed by atoms with Gasteiger partial charge in [-0.25, -0.2) is 0 Å². The van der Waals surface area contributed by atoms with Gasteiger partial charge in [0.2, 0.25) is 0 Å². The molecule has 2 unspecified atom stereocenters. The molecule has 1 aromatic carbocycles. The van der Waals surface area contributed by atoms with Gasteiger partial charge >= 0.3 is 0 Å². The van der Waals surface area contributed by atoms with Gasteiger partial charge in [-0.05, 0) is 30.7 Å². The minimum Gasteiger partial charge on any atom is -0.484 e. The fourth-order valence-electron chi connectivity index (χ4n) is 1.85. The lowest BCUT2D eigenvalue weighted by Gasteiger charge is -2.24. The third-order valence-corrected chi connectivity index (χ3v) is 3.17. The topological polar surface area (TPSA) is 48.1 Å². The number of aromatic nitrogens is 1. The van der Waals surface area contributed by atoms with E-state index in [2.05, 4.69) is 4.98 Å². The smallest absolute Gasteiger partial charge is 0.140 e. The van der Waals surface area contributed by atoms with Crippen molar-refractivity contribution in [3.8, 4) is 5.75 Å². The summed E-state index contributed by atoms with van der Waals surface area (Å²) in [4.78, 5) is 4.12. The lowest BCUT2D eigenvalue weighted by Crippen LogP contribution is -2.31. The third-order valence-electron chi connectivity index (χ3n) is 2.93. The van der Waals surface area contributed by atoms with E-state index in [0.29, 0.717) is 10.8 Å². The Morgan fingerprint density at radius 3 is 2.79 bits per heavy atom. The number of ether oxygens (including phenoxy) is 1. The molecular weight excluding hydrogens is 260 g/mol. The first kappa shape index (κ1) is 13.8. The third kappa shape index (κ3) is 3.69. The van der Waals surface area contributed by atoms with Gasteiger partial charge in [0.25, 0.3) is 0 Å². The molecule has 2 atom stereocenters. The molecule has 1 aromatic heterocycles. The van der Waals surface area contributed by atoms with Crippen LogP contribution in [0, 0.1) is 0 Å². The first-order valence-corrected chi connectivity index (χ1v) is 6.66. The molecule has 100 valence electrons. The summed E-state index contributed by atoms with van der Waals surface area (Å²) in [5.74, 6) is 0.713. The summed E-state index contributed by atoms with van der Waals surface area (Å²) in [5, 5.41) is 0.646. The molecule has 19 heavy (non-hydrogen) atoms. The fourth-order valence-corrected chi connectivity index (χ4v) is 2.03. The number of nitrogens with zero attached hydrogens (tertiary/aromatic N) is 1. The Kier molecular flexibility index (Phi) is 4.77. The van der Waals surface area contributed by atoms with Gasteiger partial charge in [0.1, 0.15) is 11.9 Å². The predicted octanol–water partition coefficient (Wildman–Crippen LogP) is 3.59. The highest BCUT2D eigenvalue weighted by Crippen LogP contribution is 2.26. The van der Waals surface area contributed by atoms with Crippen molar-refractivity contribution in [1.82, 2.24) is 4.98 Å². The SMILES string of the molecule is CCC(N)C(Oc1cccc(Cl)c1)c1cccnc1. The second-order valence-electron chi connectivity index (χ2n) is 4.35. The van der Waals surface area contributed by atoms with Crippen LogP contribution in [0.15, 0.2) is 48.8 Å². The maximum absolute atomic E-state index is 6.15. The van der Waals surface area contributed by atoms with Crippen molar-refractivity contribution in [1.29, 1.82) is 0 Å². The molecule has 0 amide bonds. The van der Waals surface area contributed by atoms with Crippen molar-refractivity contribution in [2.24, 2.45) is 5.73 Å². The van der Waals surface area contributed by atoms with Crippen LogP contribution >= 0.6 is 11.6 Å². The van der Waals surface area contributed by atoms with E-state index in [1.165, 1.54) is 0 Å². The summed E-state index contributed by atoms with van der Waals surface area (Å²) >= 11 is 5.96. The van der Waals surface area contributed by atoms with Crippen LogP contribution in [0.3, 0.4) is 0 Å². The Bertz CT molecular complexity index is 519. The number of benzene rings is 1. The first-order valence-electron chi connectivity index (χ1n) is 6.28. The standard InChI is InChI=1S/C15H17ClN2O/c1-2-14(17)15(11-5-4-8-18-10-11)19-13-7-3-6-12(16)9-13/h3-10,14-15H,2,17H2,1H3. The number of hydrogen-bond acceptors (Lipinski definition) is 3. The van der Waals surface area contributed by atoms with Crippen LogP contribution in [-0.4, -0.2) is 11.0 Å². The molecule has 2 aromatic rings. The Labute approximate surface area is 118 Å². The van der Waals surface area contributed by atoms with E-state index in [1.54, 1.807) is 18.5 Å². The van der Waals surface area contributed by atoms with Crippen molar-refractivity contribution in [2.45, 2.75) is 25.5 Å². The minimum absolute atomic E-state index is 0.0943. The van der Waals surface area contributed by atoms with Gasteiger partial charge in [0.05, 0.1) is 0 Å². The molecule has 4 heteroatoms. The van der Waals surface area contributed by atoms with Crippen LogP contribution in [0.2, 0.25) is 5.02 Å². The van der Waals surface area contributed by atoms with Crippen LogP contribution in [0.4, 0.5) is 0 Å². The fraction of sp³-hybridized carbons (Fsp3) is 0.267. The van der Waals surface area contributed by atoms with Crippen molar-refractivity contribution in [3.63, 3.8) is 0 Å². The van der Waals surface area contributed by atoms with Crippen LogP contribution in [0.1, 0.15) is 25.0 Å². The van der Waals surface area contributed by atoms with E-state index in [-0.39, 0.29) is 12.1 Å². The van der Waals surface area contributed by atoms with Gasteiger partial charge in [-0.2, -0.15) is 0 Å². The first-order chi connectivity index (χ1) is 9.20. The molecule has 1 heterocycles. The summed E-state index contributed by atoms with van der Waals surface area (Å²) in [6, 6.07) is 11.1. The molecule has 2 N–H and O–H groups in total. The molecule has 0 saturated carbocycles. The largest absolute Gasteiger partial charge is 0.484 e. The second kappa shape index (κ2) is 6.55. The molecule has 0 aliphatic carbocycles. The van der Waals surface area contributed by atoms with E-state index < -0.39 is 0 Å². The summed E-state index contributed by atoms with van der Waals surface area (Å²) in [6.07, 6.45) is 4.11. The van der Waals surface area contributed by atoms with E-state index in [1.807, 2.05) is 37.3 Å². The van der Waals surface area contributed by atoms with Crippen molar-refractivity contribution in [3.05, 3.63) is 59.4 Å². The molecule has 0 aliphatic heterocycles. The normalized spacial score (nSPS) is 13.8. The van der Waals surface area contributed by atoms with Gasteiger partial charge in [-0.1, -0.05) is 30.7 Å². The number of pyridine rings is 1. The monoisotopic (exact) mass is 276 g/mol. The highest BCUT2D eigenvalue weighted by molar-refractivity contribution is 6.30. The molecule has 0 aliphatic rings. The second-order valence-corrected chi connectivity index (χ2v) is 4.79. The zero-order valence-corrected chi connectivity index (χ0v) is 11.5. The molecule has 0 saturated heterocycles. The van der Waals surface area contributed by atoms with Crippen LogP contribution in [0.5, 0.6) is 5.75 Å². The van der Waals surface area contributed by atoms with Crippen LogP contribution in [0.25, 0.3) is 0 Å². The van der Waals surface area contributed by atoms with Gasteiger partial charge < -0.3 is 10.5 Å². The molecule has 0 spiro atoms. The van der Waals surface area contributed by atoms with E-state index in [0.717, 1.165) is 12.0 Å². The number of hydrogen-bond donors (Lipinski definition) is 1. The maximum atomic E-state index is 6.15.